The number of nitrogens with zero attached hydrogens (tertiary/aromatic N) is 1. The summed E-state index contributed by atoms with van der Waals surface area (Å²) in [5.74, 6) is 0.190. The van der Waals surface area contributed by atoms with E-state index in [9.17, 15) is 8.42 Å². The molecule has 1 heterocycles. The lowest BCUT2D eigenvalue weighted by Gasteiger charge is -2.13. The molecular weight excluding hydrogens is 292 g/mol. The molecule has 1 aromatic carbocycles. The Hall–Kier alpha value is -1.40. The van der Waals surface area contributed by atoms with Gasteiger partial charge in [-0.15, -0.1) is 11.3 Å². The highest BCUT2D eigenvalue weighted by Gasteiger charge is 2.13. The first-order valence-electron chi connectivity index (χ1n) is 6.51. The van der Waals surface area contributed by atoms with E-state index in [1.165, 1.54) is 0 Å². The predicted molar refractivity (Wildman–Crippen MR) is 82.9 cm³/mol. The summed E-state index contributed by atoms with van der Waals surface area (Å²) in [6.45, 7) is 3.89. The van der Waals surface area contributed by atoms with Crippen molar-refractivity contribution >= 4 is 26.9 Å². The molecule has 108 valence electrons. The molecule has 0 saturated carbocycles. The van der Waals surface area contributed by atoms with Crippen molar-refractivity contribution in [1.29, 1.82) is 0 Å². The highest BCUT2D eigenvalue weighted by Crippen LogP contribution is 2.22. The minimum Gasteiger partial charge on any atom is -0.376 e. The number of aromatic nitrogens is 1. The van der Waals surface area contributed by atoms with Crippen molar-refractivity contribution in [2.45, 2.75) is 31.2 Å². The van der Waals surface area contributed by atoms with Crippen LogP contribution in [0.3, 0.4) is 0 Å². The third kappa shape index (κ3) is 3.58. The molecule has 1 atom stereocenters. The van der Waals surface area contributed by atoms with Crippen LogP contribution in [0.15, 0.2) is 40.7 Å². The fourth-order valence-electron chi connectivity index (χ4n) is 1.91. The summed E-state index contributed by atoms with van der Waals surface area (Å²) in [7, 11) is -3.14. The van der Waals surface area contributed by atoms with Crippen LogP contribution in [-0.4, -0.2) is 19.2 Å². The van der Waals surface area contributed by atoms with Gasteiger partial charge in [0.05, 0.1) is 16.7 Å². The lowest BCUT2D eigenvalue weighted by molar-refractivity contribution is 0.595. The number of hydrogen-bond donors (Lipinski definition) is 1. The standard InChI is InChI=1S/C14H18N2O2S2/c1-3-10-20(17,18)13-6-4-12(5-7-13)16-11(2)14-15-8-9-19-14/h4-9,11,16H,3,10H2,1-2H3. The van der Waals surface area contributed by atoms with Gasteiger partial charge in [0.1, 0.15) is 5.01 Å². The molecule has 0 fully saturated rings. The fraction of sp³-hybridized carbons (Fsp3) is 0.357. The van der Waals surface area contributed by atoms with Crippen LogP contribution >= 0.6 is 11.3 Å². The molecule has 6 heteroatoms. The number of benzene rings is 1. The van der Waals surface area contributed by atoms with Crippen LogP contribution in [0.1, 0.15) is 31.3 Å². The van der Waals surface area contributed by atoms with Crippen molar-refractivity contribution in [2.24, 2.45) is 0 Å². The zero-order valence-corrected chi connectivity index (χ0v) is 13.2. The second-order valence-electron chi connectivity index (χ2n) is 4.58. The number of anilines is 1. The van der Waals surface area contributed by atoms with Gasteiger partial charge in [-0.05, 0) is 37.6 Å². The first kappa shape index (κ1) is 15.0. The molecule has 0 amide bonds. The van der Waals surface area contributed by atoms with E-state index in [2.05, 4.69) is 10.3 Å². The Morgan fingerprint density at radius 2 is 2.00 bits per heavy atom. The van der Waals surface area contributed by atoms with Gasteiger partial charge >= 0.3 is 0 Å². The molecule has 0 aliphatic heterocycles. The summed E-state index contributed by atoms with van der Waals surface area (Å²) < 4.78 is 23.8. The van der Waals surface area contributed by atoms with E-state index in [0.29, 0.717) is 11.3 Å². The van der Waals surface area contributed by atoms with Crippen LogP contribution in [0, 0.1) is 0 Å². The van der Waals surface area contributed by atoms with Gasteiger partial charge in [-0.3, -0.25) is 0 Å². The summed E-state index contributed by atoms with van der Waals surface area (Å²) >= 11 is 1.59. The molecule has 0 saturated heterocycles. The summed E-state index contributed by atoms with van der Waals surface area (Å²) in [5, 5.41) is 6.25. The van der Waals surface area contributed by atoms with Crippen LogP contribution < -0.4 is 5.32 Å². The molecule has 1 N–H and O–H groups in total. The quantitative estimate of drug-likeness (QED) is 0.887. The maximum Gasteiger partial charge on any atom is 0.178 e. The first-order chi connectivity index (χ1) is 9.53. The van der Waals surface area contributed by atoms with Crippen LogP contribution in [-0.2, 0) is 9.84 Å². The Kier molecular flexibility index (Phi) is 4.77. The van der Waals surface area contributed by atoms with Crippen molar-refractivity contribution in [3.63, 3.8) is 0 Å². The number of hydrogen-bond acceptors (Lipinski definition) is 5. The lowest BCUT2D eigenvalue weighted by atomic mass is 10.3. The van der Waals surface area contributed by atoms with E-state index in [4.69, 9.17) is 0 Å². The van der Waals surface area contributed by atoms with Crippen LogP contribution in [0.5, 0.6) is 0 Å². The van der Waals surface area contributed by atoms with Crippen molar-refractivity contribution in [2.75, 3.05) is 11.1 Å². The molecule has 20 heavy (non-hydrogen) atoms. The normalized spacial score (nSPS) is 13.1. The Balaban J connectivity index is 2.09. The Morgan fingerprint density at radius 3 is 2.55 bits per heavy atom. The smallest absolute Gasteiger partial charge is 0.178 e. The van der Waals surface area contributed by atoms with Crippen molar-refractivity contribution < 1.29 is 8.42 Å². The molecule has 0 aliphatic carbocycles. The third-order valence-corrected chi connectivity index (χ3v) is 5.79. The molecule has 2 rings (SSSR count). The van der Waals surface area contributed by atoms with E-state index >= 15 is 0 Å². The van der Waals surface area contributed by atoms with E-state index < -0.39 is 9.84 Å². The largest absolute Gasteiger partial charge is 0.376 e. The van der Waals surface area contributed by atoms with E-state index in [1.807, 2.05) is 19.2 Å². The molecule has 0 radical (unpaired) electrons. The molecule has 4 nitrogen and oxygen atoms in total. The van der Waals surface area contributed by atoms with Crippen LogP contribution in [0.4, 0.5) is 5.69 Å². The highest BCUT2D eigenvalue weighted by molar-refractivity contribution is 7.91. The topological polar surface area (TPSA) is 59.1 Å². The van der Waals surface area contributed by atoms with Gasteiger partial charge in [-0.25, -0.2) is 13.4 Å². The molecule has 1 unspecified atom stereocenters. The van der Waals surface area contributed by atoms with Gasteiger partial charge < -0.3 is 5.32 Å². The van der Waals surface area contributed by atoms with E-state index in [-0.39, 0.29) is 11.8 Å². The SMILES string of the molecule is CCCS(=O)(=O)c1ccc(NC(C)c2nccs2)cc1. The molecule has 1 aromatic heterocycles. The van der Waals surface area contributed by atoms with Crippen molar-refractivity contribution in [1.82, 2.24) is 4.98 Å². The van der Waals surface area contributed by atoms with Gasteiger partial charge in [0.25, 0.3) is 0 Å². The average molecular weight is 310 g/mol. The molecule has 0 spiro atoms. The van der Waals surface area contributed by atoms with E-state index in [0.717, 1.165) is 10.7 Å². The maximum absolute atomic E-state index is 11.9. The maximum atomic E-state index is 11.9. The Bertz CT molecular complexity index is 634. The van der Waals surface area contributed by atoms with Crippen molar-refractivity contribution in [3.8, 4) is 0 Å². The average Bonchev–Trinajstić information content (AvgIpc) is 2.93. The zero-order chi connectivity index (χ0) is 14.6. The zero-order valence-electron chi connectivity index (χ0n) is 11.5. The lowest BCUT2D eigenvalue weighted by Crippen LogP contribution is -2.08. The summed E-state index contributed by atoms with van der Waals surface area (Å²) in [6.07, 6.45) is 2.40. The van der Waals surface area contributed by atoms with Gasteiger partial charge in [0.15, 0.2) is 9.84 Å². The summed E-state index contributed by atoms with van der Waals surface area (Å²) in [4.78, 5) is 4.63. The van der Waals surface area contributed by atoms with E-state index in [1.54, 1.807) is 41.8 Å². The van der Waals surface area contributed by atoms with Crippen LogP contribution in [0.25, 0.3) is 0 Å². The van der Waals surface area contributed by atoms with Crippen LogP contribution in [0.2, 0.25) is 0 Å². The Labute approximate surface area is 123 Å². The second kappa shape index (κ2) is 6.37. The van der Waals surface area contributed by atoms with Gasteiger partial charge in [-0.2, -0.15) is 0 Å². The molecular formula is C14H18N2O2S2. The molecule has 2 aromatic rings. The highest BCUT2D eigenvalue weighted by atomic mass is 32.2. The van der Waals surface area contributed by atoms with Gasteiger partial charge in [-0.1, -0.05) is 6.92 Å². The second-order valence-corrected chi connectivity index (χ2v) is 7.61. The third-order valence-electron chi connectivity index (χ3n) is 2.89. The number of nitrogens with one attached hydrogen (secondary N) is 1. The minimum atomic E-state index is -3.14. The first-order valence-corrected chi connectivity index (χ1v) is 9.05. The monoisotopic (exact) mass is 310 g/mol. The fourth-order valence-corrected chi connectivity index (χ4v) is 3.87. The van der Waals surface area contributed by atoms with Crippen molar-refractivity contribution in [3.05, 3.63) is 40.8 Å². The molecule has 0 bridgehead atoms. The Morgan fingerprint density at radius 1 is 1.30 bits per heavy atom. The number of rotatable bonds is 6. The predicted octanol–water partition coefficient (Wildman–Crippen LogP) is 3.50. The van der Waals surface area contributed by atoms with Gasteiger partial charge in [0, 0.05) is 17.3 Å². The molecule has 0 aliphatic rings. The summed E-state index contributed by atoms with van der Waals surface area (Å²) in [5.41, 5.74) is 0.892. The number of thiazole rings is 1. The number of sulfone groups is 1. The van der Waals surface area contributed by atoms with Gasteiger partial charge in [0.2, 0.25) is 0 Å². The minimum absolute atomic E-state index is 0.105. The summed E-state index contributed by atoms with van der Waals surface area (Å²) in [6, 6.07) is 7.01.